The van der Waals surface area contributed by atoms with E-state index >= 15 is 0 Å². The number of fused-ring (bicyclic) bond motifs is 1. The van der Waals surface area contributed by atoms with Gasteiger partial charge in [-0.15, -0.1) is 0 Å². The van der Waals surface area contributed by atoms with E-state index in [4.69, 9.17) is 18.0 Å². The highest BCUT2D eigenvalue weighted by molar-refractivity contribution is 7.80. The lowest BCUT2D eigenvalue weighted by atomic mass is 10.1. The molecule has 1 aromatic carbocycles. The molecule has 4 nitrogen and oxygen atoms in total. The Hall–Kier alpha value is -2.27. The van der Waals surface area contributed by atoms with Crippen LogP contribution in [0.4, 0.5) is 0 Å². The number of hydrogen-bond donors (Lipinski definition) is 1. The number of thiocarbonyl (C=S) groups is 1. The van der Waals surface area contributed by atoms with E-state index in [1.807, 2.05) is 23.6 Å². The van der Waals surface area contributed by atoms with Crippen LogP contribution >= 0.6 is 12.2 Å². The number of aromatic nitrogens is 3. The molecule has 5 heteroatoms. The lowest BCUT2D eigenvalue weighted by Crippen LogP contribution is -2.11. The molecule has 0 amide bonds. The van der Waals surface area contributed by atoms with E-state index in [9.17, 15) is 0 Å². The number of hydrogen-bond acceptors (Lipinski definition) is 3. The molecule has 2 heterocycles. The first kappa shape index (κ1) is 13.7. The van der Waals surface area contributed by atoms with Crippen molar-refractivity contribution in [2.75, 3.05) is 0 Å². The highest BCUT2D eigenvalue weighted by atomic mass is 32.1. The van der Waals surface area contributed by atoms with Gasteiger partial charge in [0.2, 0.25) is 0 Å². The molecule has 106 valence electrons. The van der Waals surface area contributed by atoms with Crippen molar-refractivity contribution < 1.29 is 0 Å². The number of aryl methyl sites for hydroxylation is 3. The summed E-state index contributed by atoms with van der Waals surface area (Å²) in [6, 6.07) is 8.00. The zero-order chi connectivity index (χ0) is 15.1. The van der Waals surface area contributed by atoms with Crippen LogP contribution in [-0.2, 0) is 0 Å². The van der Waals surface area contributed by atoms with Gasteiger partial charge in [0.05, 0.1) is 11.0 Å². The second-order valence-electron chi connectivity index (χ2n) is 5.26. The minimum absolute atomic E-state index is 0.373. The first-order valence-corrected chi connectivity index (χ1v) is 7.09. The molecule has 21 heavy (non-hydrogen) atoms. The molecule has 0 aliphatic heterocycles. The molecular weight excluding hydrogens is 280 g/mol. The second-order valence-corrected chi connectivity index (χ2v) is 5.70. The number of imidazole rings is 1. The van der Waals surface area contributed by atoms with Crippen LogP contribution in [0.5, 0.6) is 0 Å². The average molecular weight is 296 g/mol. The molecule has 0 radical (unpaired) electrons. The molecule has 0 aliphatic rings. The van der Waals surface area contributed by atoms with Gasteiger partial charge in [0, 0.05) is 11.3 Å². The van der Waals surface area contributed by atoms with Crippen LogP contribution in [0.3, 0.4) is 0 Å². The van der Waals surface area contributed by atoms with Crippen LogP contribution < -0.4 is 5.73 Å². The fourth-order valence-corrected chi connectivity index (χ4v) is 2.48. The first-order chi connectivity index (χ1) is 9.95. The van der Waals surface area contributed by atoms with E-state index in [0.29, 0.717) is 4.99 Å². The number of rotatable bonds is 2. The van der Waals surface area contributed by atoms with Crippen LogP contribution in [-0.4, -0.2) is 19.5 Å². The smallest absolute Gasteiger partial charge is 0.139 e. The Kier molecular flexibility index (Phi) is 3.22. The van der Waals surface area contributed by atoms with Crippen molar-refractivity contribution in [3.63, 3.8) is 0 Å². The van der Waals surface area contributed by atoms with Gasteiger partial charge in [-0.3, -0.25) is 4.57 Å². The molecule has 3 rings (SSSR count). The zero-order valence-corrected chi connectivity index (χ0v) is 13.0. The normalized spacial score (nSPS) is 11.0. The number of nitrogens with two attached hydrogens (primary N) is 1. The van der Waals surface area contributed by atoms with Crippen molar-refractivity contribution in [2.45, 2.75) is 20.8 Å². The Labute approximate surface area is 128 Å². The summed E-state index contributed by atoms with van der Waals surface area (Å²) >= 11 is 5.07. The third-order valence-corrected chi connectivity index (χ3v) is 3.87. The van der Waals surface area contributed by atoms with E-state index in [2.05, 4.69) is 35.9 Å². The predicted octanol–water partition coefficient (Wildman–Crippen LogP) is 2.98. The van der Waals surface area contributed by atoms with E-state index < -0.39 is 0 Å². The van der Waals surface area contributed by atoms with Crippen molar-refractivity contribution in [3.05, 3.63) is 53.0 Å². The molecule has 0 aliphatic carbocycles. The minimum atomic E-state index is 0.373. The van der Waals surface area contributed by atoms with Gasteiger partial charge in [-0.25, -0.2) is 9.97 Å². The summed E-state index contributed by atoms with van der Waals surface area (Å²) in [5.74, 6) is 0.781. The molecule has 0 spiro atoms. The summed E-state index contributed by atoms with van der Waals surface area (Å²) in [4.78, 5) is 9.40. The molecule has 0 bridgehead atoms. The largest absolute Gasteiger partial charge is 0.389 e. The highest BCUT2D eigenvalue weighted by Crippen LogP contribution is 2.21. The molecular formula is C16H16N4S. The lowest BCUT2D eigenvalue weighted by Gasteiger charge is -2.08. The number of nitrogens with zero attached hydrogens (tertiary/aromatic N) is 3. The summed E-state index contributed by atoms with van der Waals surface area (Å²) in [5.41, 5.74) is 11.9. The molecule has 0 saturated heterocycles. The van der Waals surface area contributed by atoms with Gasteiger partial charge in [-0.05, 0) is 56.2 Å². The SMILES string of the molecule is Cc1cc(C(N)=S)cc(-n2cnc3cc(C)c(C)cc32)n1. The topological polar surface area (TPSA) is 56.7 Å². The first-order valence-electron chi connectivity index (χ1n) is 6.69. The Morgan fingerprint density at radius 3 is 2.52 bits per heavy atom. The Bertz CT molecular complexity index is 864. The molecule has 0 saturated carbocycles. The third kappa shape index (κ3) is 2.40. The van der Waals surface area contributed by atoms with Crippen LogP contribution in [0.15, 0.2) is 30.6 Å². The third-order valence-electron chi connectivity index (χ3n) is 3.63. The summed E-state index contributed by atoms with van der Waals surface area (Å²) < 4.78 is 1.97. The Morgan fingerprint density at radius 2 is 1.81 bits per heavy atom. The summed E-state index contributed by atoms with van der Waals surface area (Å²) in [6.45, 7) is 6.11. The number of benzene rings is 1. The van der Waals surface area contributed by atoms with E-state index in [1.54, 1.807) is 6.33 Å². The van der Waals surface area contributed by atoms with E-state index in [-0.39, 0.29) is 0 Å². The summed E-state index contributed by atoms with van der Waals surface area (Å²) in [7, 11) is 0. The maximum atomic E-state index is 5.74. The standard InChI is InChI=1S/C16H16N4S/c1-9-4-13-14(5-10(9)2)20(8-18-13)15-7-12(16(17)21)6-11(3)19-15/h4-8H,1-3H3,(H2,17,21). The maximum absolute atomic E-state index is 5.74. The molecule has 2 N–H and O–H groups in total. The quantitative estimate of drug-likeness (QED) is 0.739. The van der Waals surface area contributed by atoms with Gasteiger partial charge < -0.3 is 5.73 Å². The van der Waals surface area contributed by atoms with E-state index in [1.165, 1.54) is 11.1 Å². The monoisotopic (exact) mass is 296 g/mol. The Balaban J connectivity index is 2.25. The molecule has 0 atom stereocenters. The second kappa shape index (κ2) is 4.93. The fourth-order valence-electron chi connectivity index (χ4n) is 2.36. The van der Waals surface area contributed by atoms with Crippen LogP contribution in [0.2, 0.25) is 0 Å². The lowest BCUT2D eigenvalue weighted by molar-refractivity contribution is 0.999. The van der Waals surface area contributed by atoms with Gasteiger partial charge in [-0.2, -0.15) is 0 Å². The maximum Gasteiger partial charge on any atom is 0.139 e. The van der Waals surface area contributed by atoms with Gasteiger partial charge in [0.1, 0.15) is 17.1 Å². The van der Waals surface area contributed by atoms with Crippen LogP contribution in [0.25, 0.3) is 16.9 Å². The Morgan fingerprint density at radius 1 is 1.10 bits per heavy atom. The fraction of sp³-hybridized carbons (Fsp3) is 0.188. The van der Waals surface area contributed by atoms with Crippen molar-refractivity contribution in [2.24, 2.45) is 5.73 Å². The molecule has 0 fully saturated rings. The van der Waals surface area contributed by atoms with Crippen LogP contribution in [0.1, 0.15) is 22.4 Å². The molecule has 2 aromatic heterocycles. The molecule has 0 unspecified atom stereocenters. The van der Waals surface area contributed by atoms with Crippen molar-refractivity contribution in [1.82, 2.24) is 14.5 Å². The van der Waals surface area contributed by atoms with Gasteiger partial charge in [0.25, 0.3) is 0 Å². The van der Waals surface area contributed by atoms with Gasteiger partial charge in [-0.1, -0.05) is 12.2 Å². The molecule has 3 aromatic rings. The van der Waals surface area contributed by atoms with Crippen molar-refractivity contribution >= 4 is 28.2 Å². The van der Waals surface area contributed by atoms with Crippen molar-refractivity contribution in [1.29, 1.82) is 0 Å². The highest BCUT2D eigenvalue weighted by Gasteiger charge is 2.10. The summed E-state index contributed by atoms with van der Waals surface area (Å²) in [6.07, 6.45) is 1.79. The number of pyridine rings is 1. The minimum Gasteiger partial charge on any atom is -0.389 e. The van der Waals surface area contributed by atoms with Crippen molar-refractivity contribution in [3.8, 4) is 5.82 Å². The zero-order valence-electron chi connectivity index (χ0n) is 12.2. The van der Waals surface area contributed by atoms with Gasteiger partial charge in [0.15, 0.2) is 0 Å². The van der Waals surface area contributed by atoms with Crippen LogP contribution in [0, 0.1) is 20.8 Å². The average Bonchev–Trinajstić information content (AvgIpc) is 2.81. The predicted molar refractivity (Wildman–Crippen MR) is 89.0 cm³/mol. The van der Waals surface area contributed by atoms with Gasteiger partial charge >= 0.3 is 0 Å². The van der Waals surface area contributed by atoms with E-state index in [0.717, 1.165) is 28.1 Å². The summed E-state index contributed by atoms with van der Waals surface area (Å²) in [5, 5.41) is 0.